The molecule has 0 aliphatic heterocycles. The van der Waals surface area contributed by atoms with E-state index >= 15 is 0 Å². The smallest absolute Gasteiger partial charge is 0.162 e. The first kappa shape index (κ1) is 9.90. The van der Waals surface area contributed by atoms with Crippen molar-refractivity contribution in [2.75, 3.05) is 0 Å². The van der Waals surface area contributed by atoms with Crippen molar-refractivity contribution in [1.29, 1.82) is 0 Å². The van der Waals surface area contributed by atoms with Crippen molar-refractivity contribution < 1.29 is 9.59 Å². The molecule has 1 atom stereocenters. The van der Waals surface area contributed by atoms with Crippen LogP contribution in [0.25, 0.3) is 0 Å². The van der Waals surface area contributed by atoms with Crippen LogP contribution in [0.1, 0.15) is 26.2 Å². The lowest BCUT2D eigenvalue weighted by atomic mass is 9.92. The molecule has 0 saturated heterocycles. The van der Waals surface area contributed by atoms with Crippen molar-refractivity contribution in [3.05, 3.63) is 24.3 Å². The van der Waals surface area contributed by atoms with Crippen LogP contribution in [0.2, 0.25) is 0 Å². The molecule has 1 unspecified atom stereocenters. The molecular formula is C11H14O2. The Balaban J connectivity index is 2.51. The van der Waals surface area contributed by atoms with E-state index in [1.54, 1.807) is 0 Å². The normalized spacial score (nSPS) is 22.1. The first-order chi connectivity index (χ1) is 6.20. The van der Waals surface area contributed by atoms with E-state index in [2.05, 4.69) is 0 Å². The summed E-state index contributed by atoms with van der Waals surface area (Å²) >= 11 is 0. The fraction of sp³-hybridized carbons (Fsp3) is 0.455. The first-order valence-electron chi connectivity index (χ1n) is 4.59. The van der Waals surface area contributed by atoms with E-state index in [1.165, 1.54) is 19.1 Å². The van der Waals surface area contributed by atoms with Gasteiger partial charge in [-0.3, -0.25) is 9.59 Å². The molecular weight excluding hydrogens is 164 g/mol. The van der Waals surface area contributed by atoms with Crippen molar-refractivity contribution >= 4 is 11.6 Å². The second-order valence-corrected chi connectivity index (χ2v) is 3.31. The lowest BCUT2D eigenvalue weighted by Crippen LogP contribution is -2.11. The van der Waals surface area contributed by atoms with Crippen molar-refractivity contribution in [2.45, 2.75) is 26.2 Å². The maximum absolute atomic E-state index is 11.4. The van der Waals surface area contributed by atoms with Crippen molar-refractivity contribution in [2.24, 2.45) is 5.92 Å². The van der Waals surface area contributed by atoms with Gasteiger partial charge in [0.05, 0.1) is 0 Å². The average molecular weight is 178 g/mol. The highest BCUT2D eigenvalue weighted by atomic mass is 16.1. The van der Waals surface area contributed by atoms with Gasteiger partial charge in [0.15, 0.2) is 11.6 Å². The monoisotopic (exact) mass is 178 g/mol. The summed E-state index contributed by atoms with van der Waals surface area (Å²) in [6, 6.07) is 0. The fourth-order valence-corrected chi connectivity index (χ4v) is 1.37. The highest BCUT2D eigenvalue weighted by molar-refractivity contribution is 5.99. The Labute approximate surface area is 78.3 Å². The summed E-state index contributed by atoms with van der Waals surface area (Å²) in [4.78, 5) is 22.0. The van der Waals surface area contributed by atoms with Crippen molar-refractivity contribution in [3.63, 3.8) is 0 Å². The van der Waals surface area contributed by atoms with E-state index in [0.717, 1.165) is 19.3 Å². The number of allylic oxidation sites excluding steroid dienone is 4. The molecule has 70 valence electrons. The molecule has 0 spiro atoms. The van der Waals surface area contributed by atoms with Gasteiger partial charge in [-0.25, -0.2) is 0 Å². The van der Waals surface area contributed by atoms with Gasteiger partial charge in [0, 0.05) is 5.92 Å². The molecule has 0 saturated carbocycles. The van der Waals surface area contributed by atoms with Gasteiger partial charge in [0.2, 0.25) is 0 Å². The molecule has 1 rings (SSSR count). The van der Waals surface area contributed by atoms with Gasteiger partial charge in [0.1, 0.15) is 0 Å². The van der Waals surface area contributed by atoms with Crippen LogP contribution >= 0.6 is 0 Å². The van der Waals surface area contributed by atoms with Crippen LogP contribution in [0, 0.1) is 5.92 Å². The minimum atomic E-state index is -0.0758. The maximum atomic E-state index is 11.4. The lowest BCUT2D eigenvalue weighted by molar-refractivity contribution is -0.118. The minimum Gasteiger partial charge on any atom is -0.295 e. The van der Waals surface area contributed by atoms with Gasteiger partial charge < -0.3 is 0 Å². The molecule has 13 heavy (non-hydrogen) atoms. The van der Waals surface area contributed by atoms with E-state index in [9.17, 15) is 9.59 Å². The summed E-state index contributed by atoms with van der Waals surface area (Å²) in [6.07, 6.45) is 9.76. The third kappa shape index (κ3) is 3.36. The highest BCUT2D eigenvalue weighted by Crippen LogP contribution is 2.17. The number of hydrogen-bond donors (Lipinski definition) is 0. The zero-order valence-corrected chi connectivity index (χ0v) is 7.82. The second-order valence-electron chi connectivity index (χ2n) is 3.31. The Bertz CT molecular complexity index is 261. The molecule has 2 heteroatoms. The Morgan fingerprint density at radius 2 is 2.15 bits per heavy atom. The fourth-order valence-electron chi connectivity index (χ4n) is 1.37. The van der Waals surface area contributed by atoms with Crippen molar-refractivity contribution in [3.8, 4) is 0 Å². The van der Waals surface area contributed by atoms with Crippen LogP contribution in [-0.4, -0.2) is 11.6 Å². The zero-order valence-electron chi connectivity index (χ0n) is 7.82. The number of ketones is 2. The predicted molar refractivity (Wildman–Crippen MR) is 51.3 cm³/mol. The molecule has 0 aromatic heterocycles. The van der Waals surface area contributed by atoms with Gasteiger partial charge in [-0.05, 0) is 38.3 Å². The molecule has 1 aliphatic rings. The van der Waals surface area contributed by atoms with E-state index in [-0.39, 0.29) is 17.5 Å². The predicted octanol–water partition coefficient (Wildman–Crippen LogP) is 2.06. The molecule has 0 N–H and O–H groups in total. The van der Waals surface area contributed by atoms with E-state index in [0.29, 0.717) is 0 Å². The first-order valence-corrected chi connectivity index (χ1v) is 4.59. The number of carbonyl (C=O) groups excluding carboxylic acids is 2. The Kier molecular flexibility index (Phi) is 3.62. The molecule has 1 aliphatic carbocycles. The molecule has 0 bridgehead atoms. The molecule has 0 heterocycles. The maximum Gasteiger partial charge on any atom is 0.162 e. The van der Waals surface area contributed by atoms with Gasteiger partial charge in [-0.2, -0.15) is 0 Å². The molecule has 0 aromatic carbocycles. The quantitative estimate of drug-likeness (QED) is 0.489. The van der Waals surface area contributed by atoms with Gasteiger partial charge >= 0.3 is 0 Å². The molecule has 0 aromatic rings. The lowest BCUT2D eigenvalue weighted by Gasteiger charge is -2.12. The topological polar surface area (TPSA) is 34.1 Å². The van der Waals surface area contributed by atoms with E-state index in [1.807, 2.05) is 12.2 Å². The Hall–Kier alpha value is -1.18. The van der Waals surface area contributed by atoms with Crippen molar-refractivity contribution in [1.82, 2.24) is 0 Å². The van der Waals surface area contributed by atoms with E-state index < -0.39 is 0 Å². The van der Waals surface area contributed by atoms with Gasteiger partial charge in [0.25, 0.3) is 0 Å². The standard InChI is InChI=1S/C11H14O2/c1-9(12)7-8-11(13)10-5-3-2-4-6-10/h3,5,7-8,10H,2,4,6H2,1H3. The third-order valence-corrected chi connectivity index (χ3v) is 2.10. The minimum absolute atomic E-state index is 0.00403. The largest absolute Gasteiger partial charge is 0.295 e. The molecule has 0 radical (unpaired) electrons. The molecule has 0 fully saturated rings. The highest BCUT2D eigenvalue weighted by Gasteiger charge is 2.14. The number of hydrogen-bond acceptors (Lipinski definition) is 2. The second kappa shape index (κ2) is 4.75. The summed E-state index contributed by atoms with van der Waals surface area (Å²) in [5.41, 5.74) is 0. The van der Waals surface area contributed by atoms with Crippen LogP contribution in [0.4, 0.5) is 0 Å². The summed E-state index contributed by atoms with van der Waals surface area (Å²) in [7, 11) is 0. The average Bonchev–Trinajstić information content (AvgIpc) is 2.15. The van der Waals surface area contributed by atoms with Gasteiger partial charge in [-0.15, -0.1) is 0 Å². The Morgan fingerprint density at radius 3 is 2.69 bits per heavy atom. The summed E-state index contributed by atoms with van der Waals surface area (Å²) in [5.74, 6) is -0.0244. The number of carbonyl (C=O) groups is 2. The summed E-state index contributed by atoms with van der Waals surface area (Å²) in [5, 5.41) is 0. The van der Waals surface area contributed by atoms with Crippen LogP contribution in [-0.2, 0) is 9.59 Å². The SMILES string of the molecule is CC(=O)C=CC(=O)C1C=CCCC1. The molecule has 2 nitrogen and oxygen atoms in total. The van der Waals surface area contributed by atoms with Crippen LogP contribution in [0.5, 0.6) is 0 Å². The van der Waals surface area contributed by atoms with Crippen LogP contribution in [0.15, 0.2) is 24.3 Å². The van der Waals surface area contributed by atoms with E-state index in [4.69, 9.17) is 0 Å². The Morgan fingerprint density at radius 1 is 1.38 bits per heavy atom. The van der Waals surface area contributed by atoms with Crippen LogP contribution in [0.3, 0.4) is 0 Å². The van der Waals surface area contributed by atoms with Crippen LogP contribution < -0.4 is 0 Å². The third-order valence-electron chi connectivity index (χ3n) is 2.10. The summed E-state index contributed by atoms with van der Waals surface area (Å²) < 4.78 is 0. The summed E-state index contributed by atoms with van der Waals surface area (Å²) in [6.45, 7) is 1.44. The van der Waals surface area contributed by atoms with Gasteiger partial charge in [-0.1, -0.05) is 12.2 Å². The number of rotatable bonds is 3. The molecule has 0 amide bonds. The zero-order chi connectivity index (χ0) is 9.68.